The quantitative estimate of drug-likeness (QED) is 0.760. The summed E-state index contributed by atoms with van der Waals surface area (Å²) in [4.78, 5) is 23.9. The fourth-order valence-corrected chi connectivity index (χ4v) is 4.45. The molecule has 0 saturated heterocycles. The van der Waals surface area contributed by atoms with Gasteiger partial charge in [0.15, 0.2) is 0 Å². The van der Waals surface area contributed by atoms with Crippen LogP contribution in [0.4, 0.5) is 0 Å². The highest BCUT2D eigenvalue weighted by Crippen LogP contribution is 2.52. The van der Waals surface area contributed by atoms with E-state index in [0.29, 0.717) is 6.54 Å². The van der Waals surface area contributed by atoms with E-state index in [0.717, 1.165) is 38.5 Å². The number of rotatable bonds is 7. The number of fused-ring (bicyclic) bond motifs is 2. The molecule has 0 unspecified atom stereocenters. The smallest absolute Gasteiger partial charge is 0.307 e. The summed E-state index contributed by atoms with van der Waals surface area (Å²) in [6.07, 6.45) is 5.89. The van der Waals surface area contributed by atoms with E-state index in [1.807, 2.05) is 18.2 Å². The summed E-state index contributed by atoms with van der Waals surface area (Å²) in [7, 11) is 0. The van der Waals surface area contributed by atoms with Gasteiger partial charge in [-0.25, -0.2) is 0 Å². The van der Waals surface area contributed by atoms with Crippen molar-refractivity contribution < 1.29 is 14.7 Å². The topological polar surface area (TPSA) is 66.4 Å². The number of hydrogen-bond acceptors (Lipinski definition) is 2. The van der Waals surface area contributed by atoms with Crippen LogP contribution in [-0.2, 0) is 16.0 Å². The lowest BCUT2D eigenvalue weighted by molar-refractivity contribution is -0.149. The largest absolute Gasteiger partial charge is 0.481 e. The molecule has 4 nitrogen and oxygen atoms in total. The van der Waals surface area contributed by atoms with Crippen molar-refractivity contribution in [2.75, 3.05) is 6.54 Å². The van der Waals surface area contributed by atoms with Crippen molar-refractivity contribution in [1.29, 1.82) is 0 Å². The van der Waals surface area contributed by atoms with Crippen LogP contribution in [0.3, 0.4) is 0 Å². The Morgan fingerprint density at radius 1 is 1.04 bits per heavy atom. The highest BCUT2D eigenvalue weighted by Gasteiger charge is 2.53. The second-order valence-corrected chi connectivity index (χ2v) is 6.96. The summed E-state index contributed by atoms with van der Waals surface area (Å²) in [6.45, 7) is 0.645. The number of hydrogen-bond donors (Lipinski definition) is 2. The predicted molar refractivity (Wildman–Crippen MR) is 87.8 cm³/mol. The van der Waals surface area contributed by atoms with Crippen LogP contribution in [0, 0.1) is 23.7 Å². The minimum Gasteiger partial charge on any atom is -0.481 e. The zero-order valence-electron chi connectivity index (χ0n) is 13.4. The molecule has 0 spiro atoms. The first-order chi connectivity index (χ1) is 11.2. The number of amides is 1. The average Bonchev–Trinajstić information content (AvgIpc) is 3.16. The van der Waals surface area contributed by atoms with Gasteiger partial charge in [0.25, 0.3) is 0 Å². The van der Waals surface area contributed by atoms with Crippen LogP contribution >= 0.6 is 0 Å². The van der Waals surface area contributed by atoms with Crippen molar-refractivity contribution in [1.82, 2.24) is 5.32 Å². The first-order valence-corrected chi connectivity index (χ1v) is 8.71. The highest BCUT2D eigenvalue weighted by molar-refractivity contribution is 5.86. The summed E-state index contributed by atoms with van der Waals surface area (Å²) in [5, 5.41) is 12.4. The Kier molecular flexibility index (Phi) is 4.99. The SMILES string of the molecule is O=C(NCCCCc1ccccc1)[C@@H]1[C@H]2CC[C@@H](C2)[C@@H]1C(=O)O. The van der Waals surface area contributed by atoms with Crippen molar-refractivity contribution in [3.63, 3.8) is 0 Å². The molecule has 0 aromatic heterocycles. The first-order valence-electron chi connectivity index (χ1n) is 8.71. The number of nitrogens with one attached hydrogen (secondary N) is 1. The van der Waals surface area contributed by atoms with E-state index in [4.69, 9.17) is 0 Å². The number of carboxylic acid groups (broad SMARTS) is 1. The zero-order valence-corrected chi connectivity index (χ0v) is 13.4. The van der Waals surface area contributed by atoms with Crippen LogP contribution in [-0.4, -0.2) is 23.5 Å². The number of carbonyl (C=O) groups excluding carboxylic acids is 1. The second kappa shape index (κ2) is 7.16. The Morgan fingerprint density at radius 3 is 2.43 bits per heavy atom. The summed E-state index contributed by atoms with van der Waals surface area (Å²) >= 11 is 0. The lowest BCUT2D eigenvalue weighted by Crippen LogP contribution is -2.41. The fraction of sp³-hybridized carbons (Fsp3) is 0.579. The zero-order chi connectivity index (χ0) is 16.2. The van der Waals surface area contributed by atoms with Crippen molar-refractivity contribution in [2.24, 2.45) is 23.7 Å². The maximum Gasteiger partial charge on any atom is 0.307 e. The lowest BCUT2D eigenvalue weighted by atomic mass is 9.78. The Hall–Kier alpha value is -1.84. The Labute approximate surface area is 137 Å². The molecule has 2 aliphatic carbocycles. The summed E-state index contributed by atoms with van der Waals surface area (Å²) in [6, 6.07) is 10.3. The third-order valence-corrected chi connectivity index (χ3v) is 5.54. The molecule has 4 atom stereocenters. The van der Waals surface area contributed by atoms with Crippen molar-refractivity contribution in [3.05, 3.63) is 35.9 Å². The van der Waals surface area contributed by atoms with Gasteiger partial charge in [0.1, 0.15) is 0 Å². The molecule has 2 fully saturated rings. The molecule has 3 rings (SSSR count). The fourth-order valence-electron chi connectivity index (χ4n) is 4.45. The molecular formula is C19H25NO3. The van der Waals surface area contributed by atoms with Crippen LogP contribution in [0.1, 0.15) is 37.7 Å². The number of carbonyl (C=O) groups is 2. The highest BCUT2D eigenvalue weighted by atomic mass is 16.4. The molecule has 124 valence electrons. The number of carboxylic acids is 1. The molecule has 4 heteroatoms. The van der Waals surface area contributed by atoms with Crippen molar-refractivity contribution >= 4 is 11.9 Å². The minimum atomic E-state index is -0.790. The minimum absolute atomic E-state index is 0.0377. The molecule has 1 aromatic carbocycles. The van der Waals surface area contributed by atoms with Gasteiger partial charge < -0.3 is 10.4 Å². The van der Waals surface area contributed by atoms with Gasteiger partial charge >= 0.3 is 5.97 Å². The van der Waals surface area contributed by atoms with Gasteiger partial charge in [-0.1, -0.05) is 30.3 Å². The normalized spacial score (nSPS) is 28.7. The summed E-state index contributed by atoms with van der Waals surface area (Å²) in [5.74, 6) is -1.10. The monoisotopic (exact) mass is 315 g/mol. The van der Waals surface area contributed by atoms with Gasteiger partial charge in [0.2, 0.25) is 5.91 Å². The van der Waals surface area contributed by atoms with Crippen LogP contribution < -0.4 is 5.32 Å². The van der Waals surface area contributed by atoms with E-state index in [1.54, 1.807) is 0 Å². The third-order valence-electron chi connectivity index (χ3n) is 5.54. The van der Waals surface area contributed by atoms with Gasteiger partial charge in [-0.15, -0.1) is 0 Å². The maximum absolute atomic E-state index is 12.4. The molecule has 2 N–H and O–H groups in total. The van der Waals surface area contributed by atoms with E-state index < -0.39 is 11.9 Å². The summed E-state index contributed by atoms with van der Waals surface area (Å²) < 4.78 is 0. The van der Waals surface area contributed by atoms with E-state index in [9.17, 15) is 14.7 Å². The van der Waals surface area contributed by atoms with Crippen molar-refractivity contribution in [3.8, 4) is 0 Å². The molecule has 1 amide bonds. The maximum atomic E-state index is 12.4. The molecule has 23 heavy (non-hydrogen) atoms. The van der Waals surface area contributed by atoms with Crippen LogP contribution in [0.5, 0.6) is 0 Å². The first kappa shape index (κ1) is 16.0. The second-order valence-electron chi connectivity index (χ2n) is 6.96. The predicted octanol–water partition coefficient (Wildman–Crippen LogP) is 2.87. The Morgan fingerprint density at radius 2 is 1.74 bits per heavy atom. The Bertz CT molecular complexity index is 557. The van der Waals surface area contributed by atoms with Gasteiger partial charge in [-0.05, 0) is 55.9 Å². The van der Waals surface area contributed by atoms with Gasteiger partial charge in [0, 0.05) is 6.54 Å². The number of benzene rings is 1. The number of unbranched alkanes of at least 4 members (excludes halogenated alkanes) is 1. The van der Waals surface area contributed by atoms with Crippen LogP contribution in [0.25, 0.3) is 0 Å². The summed E-state index contributed by atoms with van der Waals surface area (Å²) in [5.41, 5.74) is 1.32. The molecule has 0 heterocycles. The van der Waals surface area contributed by atoms with Gasteiger partial charge in [-0.2, -0.15) is 0 Å². The Balaban J connectivity index is 1.42. The van der Waals surface area contributed by atoms with Gasteiger partial charge in [-0.3, -0.25) is 9.59 Å². The third kappa shape index (κ3) is 3.57. The van der Waals surface area contributed by atoms with E-state index in [2.05, 4.69) is 17.4 Å². The van der Waals surface area contributed by atoms with Crippen LogP contribution in [0.2, 0.25) is 0 Å². The van der Waals surface area contributed by atoms with Crippen LogP contribution in [0.15, 0.2) is 30.3 Å². The molecule has 2 bridgehead atoms. The van der Waals surface area contributed by atoms with E-state index in [-0.39, 0.29) is 23.7 Å². The standard InChI is InChI=1S/C19H25NO3/c21-18(16-14-9-10-15(12-14)17(16)19(22)23)20-11-5-4-8-13-6-2-1-3-7-13/h1-3,6-7,14-17H,4-5,8-12H2,(H,20,21)(H,22,23)/t14-,15-,16+,17-/m0/s1. The van der Waals surface area contributed by atoms with E-state index in [1.165, 1.54) is 5.56 Å². The average molecular weight is 315 g/mol. The molecule has 2 aliphatic rings. The molecule has 0 radical (unpaired) electrons. The molecule has 1 aromatic rings. The van der Waals surface area contributed by atoms with Gasteiger partial charge in [0.05, 0.1) is 11.8 Å². The number of aliphatic carboxylic acids is 1. The molecule has 2 saturated carbocycles. The van der Waals surface area contributed by atoms with Crippen molar-refractivity contribution in [2.45, 2.75) is 38.5 Å². The molecular weight excluding hydrogens is 290 g/mol. The lowest BCUT2D eigenvalue weighted by Gasteiger charge is -2.27. The number of aryl methyl sites for hydroxylation is 1. The van der Waals surface area contributed by atoms with E-state index >= 15 is 0 Å². The molecule has 0 aliphatic heterocycles.